The molecule has 0 fully saturated rings. The first-order valence-electron chi connectivity index (χ1n) is 1.00. The minimum Gasteiger partial charge on any atom is -1.00 e. The number of halogens is 4. The van der Waals surface area contributed by atoms with Gasteiger partial charge in [-0.2, -0.15) is 0 Å². The maximum atomic E-state index is 2.00. The van der Waals surface area contributed by atoms with Crippen molar-refractivity contribution in [2.24, 2.45) is 0 Å². The van der Waals surface area contributed by atoms with E-state index in [1.165, 1.54) is 0 Å². The van der Waals surface area contributed by atoms with Crippen LogP contribution in [0.5, 0.6) is 0 Å². The molecule has 0 unspecified atom stereocenters. The van der Waals surface area contributed by atoms with Gasteiger partial charge in [-0.15, -0.1) is 0 Å². The molecule has 0 amide bonds. The van der Waals surface area contributed by atoms with Gasteiger partial charge in [-0.05, 0) is 0 Å². The van der Waals surface area contributed by atoms with E-state index in [4.69, 9.17) is 0 Å². The second-order valence-corrected chi connectivity index (χ2v) is 0. The normalized spacial score (nSPS) is 0.857. The first-order valence-corrected chi connectivity index (χ1v) is 1.00. The van der Waals surface area contributed by atoms with Crippen molar-refractivity contribution >= 4 is 0 Å². The van der Waals surface area contributed by atoms with Crippen LogP contribution in [0.4, 0.5) is 0 Å². The molecule has 7 heavy (non-hydrogen) atoms. The smallest absolute Gasteiger partial charge is 1.00 e. The van der Waals surface area contributed by atoms with Crippen LogP contribution >= 0.6 is 0 Å². The van der Waals surface area contributed by atoms with Crippen LogP contribution in [0.3, 0.4) is 0 Å². The molecular formula is C2H6Cl4Hf. The van der Waals surface area contributed by atoms with Crippen LogP contribution in [0.15, 0.2) is 0 Å². The van der Waals surface area contributed by atoms with E-state index >= 15 is 0 Å². The monoisotopic (exact) mass is 350 g/mol. The van der Waals surface area contributed by atoms with Crippen molar-refractivity contribution in [1.82, 2.24) is 0 Å². The summed E-state index contributed by atoms with van der Waals surface area (Å²) in [6.07, 6.45) is 0. The van der Waals surface area contributed by atoms with E-state index in [1.807, 2.05) is 13.8 Å². The van der Waals surface area contributed by atoms with E-state index in [0.29, 0.717) is 0 Å². The summed E-state index contributed by atoms with van der Waals surface area (Å²) in [5.74, 6) is 0. The molecule has 0 rings (SSSR count). The summed E-state index contributed by atoms with van der Waals surface area (Å²) >= 11 is 0. The zero-order valence-electron chi connectivity index (χ0n) is 4.01. The van der Waals surface area contributed by atoms with Crippen molar-refractivity contribution in [3.05, 3.63) is 0 Å². The Morgan fingerprint density at radius 1 is 0.571 bits per heavy atom. The van der Waals surface area contributed by atoms with Gasteiger partial charge in [0.2, 0.25) is 0 Å². The van der Waals surface area contributed by atoms with Crippen molar-refractivity contribution in [1.29, 1.82) is 0 Å². The second-order valence-electron chi connectivity index (χ2n) is 0. The van der Waals surface area contributed by atoms with Crippen molar-refractivity contribution < 1.29 is 75.5 Å². The third-order valence-electron chi connectivity index (χ3n) is 0. The quantitative estimate of drug-likeness (QED) is 0.381. The third kappa shape index (κ3) is 70.8. The van der Waals surface area contributed by atoms with Crippen molar-refractivity contribution in [3.8, 4) is 0 Å². The standard InChI is InChI=1S/C2H6.4ClH.Hf/c1-2;;;;;/h1-2H3;4*1H;/q;;;;;+4/p-4. The maximum Gasteiger partial charge on any atom is 4.00 e. The molecule has 0 nitrogen and oxygen atoms in total. The van der Waals surface area contributed by atoms with Gasteiger partial charge >= 0.3 is 25.8 Å². The zero-order chi connectivity index (χ0) is 2.00. The molecule has 0 N–H and O–H groups in total. The average Bonchev–Trinajstić information content (AvgIpc) is 1.00. The predicted molar refractivity (Wildman–Crippen MR) is 11.3 cm³/mol. The fraction of sp³-hybridized carbons (Fsp3) is 1.00. The van der Waals surface area contributed by atoms with Crippen LogP contribution in [0.1, 0.15) is 13.8 Å². The Bertz CT molecular complexity index is 9.65. The molecule has 46 valence electrons. The van der Waals surface area contributed by atoms with Crippen LogP contribution in [0.2, 0.25) is 0 Å². The van der Waals surface area contributed by atoms with Gasteiger partial charge in [0.05, 0.1) is 0 Å². The van der Waals surface area contributed by atoms with Gasteiger partial charge in [-0.3, -0.25) is 0 Å². The van der Waals surface area contributed by atoms with Crippen molar-refractivity contribution in [2.45, 2.75) is 13.8 Å². The molecule has 0 aromatic heterocycles. The summed E-state index contributed by atoms with van der Waals surface area (Å²) in [7, 11) is 0. The number of hydrogen-bond acceptors (Lipinski definition) is 0. The Morgan fingerprint density at radius 3 is 0.571 bits per heavy atom. The molecule has 0 radical (unpaired) electrons. The molecule has 0 saturated heterocycles. The summed E-state index contributed by atoms with van der Waals surface area (Å²) in [6, 6.07) is 0. The van der Waals surface area contributed by atoms with Crippen LogP contribution in [-0.2, 0) is 25.8 Å². The Morgan fingerprint density at radius 2 is 0.571 bits per heavy atom. The molecule has 0 bridgehead atoms. The van der Waals surface area contributed by atoms with Gasteiger partial charge in [0, 0.05) is 0 Å². The van der Waals surface area contributed by atoms with Crippen LogP contribution in [0, 0.1) is 0 Å². The summed E-state index contributed by atoms with van der Waals surface area (Å²) < 4.78 is 0. The van der Waals surface area contributed by atoms with Gasteiger partial charge in [0.15, 0.2) is 0 Å². The number of rotatable bonds is 0. The molecule has 0 aromatic rings. The molecule has 0 atom stereocenters. The molecule has 0 spiro atoms. The third-order valence-corrected chi connectivity index (χ3v) is 0. The van der Waals surface area contributed by atoms with E-state index in [-0.39, 0.29) is 75.5 Å². The summed E-state index contributed by atoms with van der Waals surface area (Å²) in [4.78, 5) is 0. The van der Waals surface area contributed by atoms with Crippen LogP contribution in [0.25, 0.3) is 0 Å². The van der Waals surface area contributed by atoms with Gasteiger partial charge in [0.25, 0.3) is 0 Å². The van der Waals surface area contributed by atoms with Crippen molar-refractivity contribution in [3.63, 3.8) is 0 Å². The van der Waals surface area contributed by atoms with E-state index in [2.05, 4.69) is 0 Å². The molecule has 0 aliphatic heterocycles. The molecule has 0 aromatic carbocycles. The molecule has 0 aliphatic rings. The minimum atomic E-state index is 0. The van der Waals surface area contributed by atoms with Gasteiger partial charge in [0.1, 0.15) is 0 Å². The van der Waals surface area contributed by atoms with Gasteiger partial charge < -0.3 is 49.6 Å². The molecule has 0 saturated carbocycles. The maximum absolute atomic E-state index is 2.00. The van der Waals surface area contributed by atoms with Crippen molar-refractivity contribution in [2.75, 3.05) is 0 Å². The Balaban J connectivity index is -0.000000000500. The minimum absolute atomic E-state index is 0. The Labute approximate surface area is 88.6 Å². The average molecular weight is 350 g/mol. The van der Waals surface area contributed by atoms with Gasteiger partial charge in [-0.1, -0.05) is 13.8 Å². The van der Waals surface area contributed by atoms with Crippen LogP contribution < -0.4 is 49.6 Å². The van der Waals surface area contributed by atoms with Crippen LogP contribution in [-0.4, -0.2) is 0 Å². The van der Waals surface area contributed by atoms with E-state index in [0.717, 1.165) is 0 Å². The molecule has 5 heteroatoms. The van der Waals surface area contributed by atoms with E-state index < -0.39 is 0 Å². The number of hydrogen-bond donors (Lipinski definition) is 0. The topological polar surface area (TPSA) is 0 Å². The fourth-order valence-electron chi connectivity index (χ4n) is 0. The summed E-state index contributed by atoms with van der Waals surface area (Å²) in [5, 5.41) is 0. The fourth-order valence-corrected chi connectivity index (χ4v) is 0. The SMILES string of the molecule is CC.[Cl-].[Cl-].[Cl-].[Cl-].[Hf+4]. The van der Waals surface area contributed by atoms with E-state index in [9.17, 15) is 0 Å². The van der Waals surface area contributed by atoms with Gasteiger partial charge in [-0.25, -0.2) is 0 Å². The summed E-state index contributed by atoms with van der Waals surface area (Å²) in [5.41, 5.74) is 0. The first-order chi connectivity index (χ1) is 1.00. The Hall–Kier alpha value is 2.03. The van der Waals surface area contributed by atoms with E-state index in [1.54, 1.807) is 0 Å². The zero-order valence-corrected chi connectivity index (χ0v) is 10.6. The molecule has 0 heterocycles. The summed E-state index contributed by atoms with van der Waals surface area (Å²) in [6.45, 7) is 4.00. The Kier molecular flexibility index (Phi) is 872. The first kappa shape index (κ1) is 63.4. The second kappa shape index (κ2) is 96.3. The predicted octanol–water partition coefficient (Wildman–Crippen LogP) is -11.0. The largest absolute Gasteiger partial charge is 4.00 e. The molecular weight excluding hydrogens is 344 g/mol. The molecule has 0 aliphatic carbocycles.